The van der Waals surface area contributed by atoms with E-state index in [1.165, 1.54) is 0 Å². The number of carbonyl (C=O) groups excluding carboxylic acids is 1. The first-order valence-corrected chi connectivity index (χ1v) is 13.5. The number of rotatable bonds is 8. The Morgan fingerprint density at radius 1 is 1.02 bits per heavy atom. The molecule has 0 aliphatic carbocycles. The molecule has 2 aromatic heterocycles. The number of carboxylic acids is 1. The van der Waals surface area contributed by atoms with Gasteiger partial charge in [0.25, 0.3) is 0 Å². The number of aryl methyl sites for hydroxylation is 2. The van der Waals surface area contributed by atoms with Gasteiger partial charge in [0.1, 0.15) is 0 Å². The van der Waals surface area contributed by atoms with Crippen LogP contribution >= 0.6 is 12.2 Å². The van der Waals surface area contributed by atoms with Crippen molar-refractivity contribution in [2.45, 2.75) is 39.3 Å². The van der Waals surface area contributed by atoms with Gasteiger partial charge in [-0.2, -0.15) is 0 Å². The molecule has 9 heteroatoms. The summed E-state index contributed by atoms with van der Waals surface area (Å²) in [6, 6.07) is 22.1. The van der Waals surface area contributed by atoms with Gasteiger partial charge < -0.3 is 25.2 Å². The normalized spacial score (nSPS) is 16.6. The highest BCUT2D eigenvalue weighted by atomic mass is 32.1. The average molecular weight is 554 g/mol. The second-order valence-corrected chi connectivity index (χ2v) is 10.4. The monoisotopic (exact) mass is 553 g/mol. The van der Waals surface area contributed by atoms with E-state index in [9.17, 15) is 14.7 Å². The molecule has 1 saturated heterocycles. The summed E-state index contributed by atoms with van der Waals surface area (Å²) in [6.07, 6.45) is 2.01. The largest absolute Gasteiger partial charge is 0.478 e. The molecule has 1 aliphatic rings. The molecule has 0 radical (unpaired) electrons. The molecule has 5 rings (SSSR count). The van der Waals surface area contributed by atoms with Crippen molar-refractivity contribution in [3.8, 4) is 5.69 Å². The van der Waals surface area contributed by atoms with Crippen molar-refractivity contribution < 1.29 is 14.7 Å². The molecule has 0 bridgehead atoms. The average Bonchev–Trinajstić information content (AvgIpc) is 3.42. The Bertz CT molecular complexity index is 1580. The van der Waals surface area contributed by atoms with Crippen LogP contribution in [0.1, 0.15) is 57.1 Å². The van der Waals surface area contributed by atoms with Crippen LogP contribution in [0.4, 0.5) is 5.69 Å². The maximum Gasteiger partial charge on any atom is 0.335 e. The van der Waals surface area contributed by atoms with Gasteiger partial charge in [0, 0.05) is 41.9 Å². The first-order valence-electron chi connectivity index (χ1n) is 13.1. The fraction of sp³-hybridized carbons (Fsp3) is 0.226. The lowest BCUT2D eigenvalue weighted by atomic mass is 9.96. The van der Waals surface area contributed by atoms with Crippen molar-refractivity contribution in [1.82, 2.24) is 19.8 Å². The van der Waals surface area contributed by atoms with E-state index in [0.717, 1.165) is 39.6 Å². The molecular weight excluding hydrogens is 522 g/mol. The zero-order chi connectivity index (χ0) is 28.4. The standard InChI is InChI=1S/C31H31N5O3S/c1-19-8-6-10-23(16-19)33-27(37)13-15-35-29(28(34-31(35)40)26-12-4-5-14-32-26)25-17-20(2)36(21(25)3)24-11-7-9-22(18-24)30(38)39/h4-12,14,16-18,28-29H,13,15H2,1-3H3,(H,33,37)(H,34,40)(H,38,39)/t28-,29-/m0/s1. The Hall–Kier alpha value is -4.50. The van der Waals surface area contributed by atoms with Gasteiger partial charge in [0.15, 0.2) is 5.11 Å². The molecule has 2 aromatic carbocycles. The number of hydrogen-bond donors (Lipinski definition) is 3. The quantitative estimate of drug-likeness (QED) is 0.248. The Balaban J connectivity index is 1.48. The van der Waals surface area contributed by atoms with Gasteiger partial charge in [0.2, 0.25) is 5.91 Å². The number of nitrogens with one attached hydrogen (secondary N) is 2. The van der Waals surface area contributed by atoms with Crippen molar-refractivity contribution in [2.75, 3.05) is 11.9 Å². The molecule has 0 unspecified atom stereocenters. The van der Waals surface area contributed by atoms with Crippen molar-refractivity contribution in [1.29, 1.82) is 0 Å². The molecule has 204 valence electrons. The summed E-state index contributed by atoms with van der Waals surface area (Å²) >= 11 is 5.80. The molecule has 0 saturated carbocycles. The summed E-state index contributed by atoms with van der Waals surface area (Å²) in [6.45, 7) is 6.42. The first kappa shape index (κ1) is 27.1. The molecule has 1 amide bonds. The number of anilines is 1. The minimum absolute atomic E-state index is 0.0932. The summed E-state index contributed by atoms with van der Waals surface area (Å²) in [5.74, 6) is -1.07. The molecule has 0 spiro atoms. The number of carbonyl (C=O) groups is 2. The highest BCUT2D eigenvalue weighted by molar-refractivity contribution is 7.80. The smallest absolute Gasteiger partial charge is 0.335 e. The van der Waals surface area contributed by atoms with E-state index in [1.807, 2.05) is 69.3 Å². The first-order chi connectivity index (χ1) is 19.2. The van der Waals surface area contributed by atoms with Crippen molar-refractivity contribution in [3.63, 3.8) is 0 Å². The number of benzene rings is 2. The Kier molecular flexibility index (Phi) is 7.66. The van der Waals surface area contributed by atoms with Gasteiger partial charge in [-0.25, -0.2) is 4.79 Å². The third kappa shape index (κ3) is 5.46. The minimum Gasteiger partial charge on any atom is -0.478 e. The van der Waals surface area contributed by atoms with Crippen molar-refractivity contribution >= 4 is 34.9 Å². The number of aromatic carboxylic acids is 1. The molecule has 3 N–H and O–H groups in total. The van der Waals surface area contributed by atoms with E-state index in [2.05, 4.69) is 31.2 Å². The number of aromatic nitrogens is 2. The van der Waals surface area contributed by atoms with Crippen LogP contribution in [0.3, 0.4) is 0 Å². The zero-order valence-electron chi connectivity index (χ0n) is 22.6. The second kappa shape index (κ2) is 11.3. The summed E-state index contributed by atoms with van der Waals surface area (Å²) in [4.78, 5) is 31.2. The maximum absolute atomic E-state index is 12.9. The number of amides is 1. The Labute approximate surface area is 238 Å². The van der Waals surface area contributed by atoms with Gasteiger partial charge in [0.05, 0.1) is 23.3 Å². The lowest BCUT2D eigenvalue weighted by molar-refractivity contribution is -0.116. The van der Waals surface area contributed by atoms with Gasteiger partial charge >= 0.3 is 5.97 Å². The molecule has 4 aromatic rings. The van der Waals surface area contributed by atoms with Crippen LogP contribution in [0, 0.1) is 20.8 Å². The van der Waals surface area contributed by atoms with Crippen molar-refractivity contribution in [2.24, 2.45) is 0 Å². The predicted octanol–water partition coefficient (Wildman–Crippen LogP) is 5.50. The number of carboxylic acid groups (broad SMARTS) is 1. The number of pyridine rings is 1. The molecule has 1 aliphatic heterocycles. The zero-order valence-corrected chi connectivity index (χ0v) is 23.4. The summed E-state index contributed by atoms with van der Waals surface area (Å²) in [7, 11) is 0. The van der Waals surface area contributed by atoms with Crippen molar-refractivity contribution in [3.05, 3.63) is 113 Å². The van der Waals surface area contributed by atoms with E-state index in [0.29, 0.717) is 11.7 Å². The van der Waals surface area contributed by atoms with Gasteiger partial charge in [-0.15, -0.1) is 0 Å². The van der Waals surface area contributed by atoms with E-state index in [4.69, 9.17) is 12.2 Å². The highest BCUT2D eigenvalue weighted by Crippen LogP contribution is 2.41. The topological polar surface area (TPSA) is 99.5 Å². The van der Waals surface area contributed by atoms with Crippen LogP contribution in [0.2, 0.25) is 0 Å². The van der Waals surface area contributed by atoms with Crippen LogP contribution in [0.5, 0.6) is 0 Å². The van der Waals surface area contributed by atoms with E-state index >= 15 is 0 Å². The van der Waals surface area contributed by atoms with Crippen LogP contribution < -0.4 is 10.6 Å². The number of hydrogen-bond acceptors (Lipinski definition) is 4. The lowest BCUT2D eigenvalue weighted by Gasteiger charge is -2.28. The Morgan fingerprint density at radius 3 is 2.55 bits per heavy atom. The lowest BCUT2D eigenvalue weighted by Crippen LogP contribution is -2.32. The fourth-order valence-corrected chi connectivity index (χ4v) is 5.75. The predicted molar refractivity (Wildman–Crippen MR) is 159 cm³/mol. The van der Waals surface area contributed by atoms with Crippen LogP contribution in [-0.4, -0.2) is 43.1 Å². The van der Waals surface area contributed by atoms with Crippen LogP contribution in [0.15, 0.2) is 79.0 Å². The summed E-state index contributed by atoms with van der Waals surface area (Å²) in [5.41, 5.74) is 6.64. The molecule has 3 heterocycles. The maximum atomic E-state index is 12.9. The molecule has 2 atom stereocenters. The number of nitrogens with zero attached hydrogens (tertiary/aromatic N) is 3. The van der Waals surface area contributed by atoms with E-state index in [1.54, 1.807) is 24.4 Å². The fourth-order valence-electron chi connectivity index (χ4n) is 5.42. The SMILES string of the molecule is Cc1cccc(NC(=O)CCN2C(=S)N[C@@H](c3ccccn3)[C@@H]2c2cc(C)n(-c3cccc(C(=O)O)c3)c2C)c1. The Morgan fingerprint density at radius 2 is 1.82 bits per heavy atom. The van der Waals surface area contributed by atoms with Crippen LogP contribution in [-0.2, 0) is 4.79 Å². The molecule has 40 heavy (non-hydrogen) atoms. The third-order valence-electron chi connectivity index (χ3n) is 7.22. The van der Waals surface area contributed by atoms with Gasteiger partial charge in [-0.3, -0.25) is 9.78 Å². The van der Waals surface area contributed by atoms with Crippen LogP contribution in [0.25, 0.3) is 5.69 Å². The second-order valence-electron chi connectivity index (χ2n) is 10.0. The minimum atomic E-state index is -0.972. The molecule has 1 fully saturated rings. The van der Waals surface area contributed by atoms with E-state index in [-0.39, 0.29) is 30.0 Å². The summed E-state index contributed by atoms with van der Waals surface area (Å²) in [5, 5.41) is 16.5. The van der Waals surface area contributed by atoms with Gasteiger partial charge in [-0.05, 0) is 92.6 Å². The number of thiocarbonyl (C=S) groups is 1. The third-order valence-corrected chi connectivity index (χ3v) is 7.57. The summed E-state index contributed by atoms with van der Waals surface area (Å²) < 4.78 is 2.06. The molecule has 8 nitrogen and oxygen atoms in total. The highest BCUT2D eigenvalue weighted by Gasteiger charge is 2.41. The van der Waals surface area contributed by atoms with E-state index < -0.39 is 5.97 Å². The molecular formula is C31H31N5O3S. The van der Waals surface area contributed by atoms with Gasteiger partial charge in [-0.1, -0.05) is 24.3 Å².